The Hall–Kier alpha value is -0.420. The maximum Gasteiger partial charge on any atom is 0.0300 e. The molecule has 102 valence electrons. The smallest absolute Gasteiger partial charge is 0.0300 e. The molecule has 0 aromatic carbocycles. The van der Waals surface area contributed by atoms with Crippen molar-refractivity contribution >= 4 is 11.3 Å². The second-order valence-electron chi connectivity index (χ2n) is 5.10. The summed E-state index contributed by atoms with van der Waals surface area (Å²) in [5.74, 6) is 0. The summed E-state index contributed by atoms with van der Waals surface area (Å²) in [5.41, 5.74) is 0. The minimum Gasteiger partial charge on any atom is -0.311 e. The van der Waals surface area contributed by atoms with E-state index in [4.69, 9.17) is 0 Å². The Morgan fingerprint density at radius 1 is 1.44 bits per heavy atom. The van der Waals surface area contributed by atoms with Crippen molar-refractivity contribution in [2.24, 2.45) is 0 Å². The lowest BCUT2D eigenvalue weighted by Gasteiger charge is -2.39. The third kappa shape index (κ3) is 4.05. The Kier molecular flexibility index (Phi) is 5.63. The highest BCUT2D eigenvalue weighted by Gasteiger charge is 2.21. The average Bonchev–Trinajstić information content (AvgIpc) is 2.89. The van der Waals surface area contributed by atoms with Crippen LogP contribution in [0.3, 0.4) is 0 Å². The molecule has 4 heteroatoms. The standard InChI is InChI=1S/C14H25N3S/c1-3-13-12-17(9-8-16(13)2)7-6-15-11-14-5-4-10-18-14/h4-5,10,13,15H,3,6-9,11-12H2,1-2H3. The van der Waals surface area contributed by atoms with Gasteiger partial charge in [0.05, 0.1) is 0 Å². The molecule has 18 heavy (non-hydrogen) atoms. The predicted molar refractivity (Wildman–Crippen MR) is 79.2 cm³/mol. The summed E-state index contributed by atoms with van der Waals surface area (Å²) in [6.45, 7) is 9.24. The van der Waals surface area contributed by atoms with Gasteiger partial charge in [-0.3, -0.25) is 4.90 Å². The van der Waals surface area contributed by atoms with E-state index in [9.17, 15) is 0 Å². The maximum absolute atomic E-state index is 3.53. The zero-order chi connectivity index (χ0) is 12.8. The normalized spacial score (nSPS) is 22.4. The summed E-state index contributed by atoms with van der Waals surface area (Å²) < 4.78 is 0. The molecule has 2 rings (SSSR count). The molecule has 0 aliphatic carbocycles. The predicted octanol–water partition coefficient (Wildman–Crippen LogP) is 1.86. The van der Waals surface area contributed by atoms with Gasteiger partial charge in [-0.15, -0.1) is 11.3 Å². The van der Waals surface area contributed by atoms with Crippen molar-refractivity contribution in [3.05, 3.63) is 22.4 Å². The molecule has 3 nitrogen and oxygen atoms in total. The fourth-order valence-corrected chi connectivity index (χ4v) is 3.19. The molecule has 0 bridgehead atoms. The van der Waals surface area contributed by atoms with Crippen LogP contribution in [-0.4, -0.2) is 55.6 Å². The van der Waals surface area contributed by atoms with E-state index in [1.807, 2.05) is 11.3 Å². The van der Waals surface area contributed by atoms with Gasteiger partial charge >= 0.3 is 0 Å². The zero-order valence-corrected chi connectivity index (χ0v) is 12.4. The second kappa shape index (κ2) is 7.24. The highest BCUT2D eigenvalue weighted by atomic mass is 32.1. The first-order valence-corrected chi connectivity index (χ1v) is 7.83. The van der Waals surface area contributed by atoms with E-state index in [-0.39, 0.29) is 0 Å². The van der Waals surface area contributed by atoms with Crippen LogP contribution in [0.25, 0.3) is 0 Å². The van der Waals surface area contributed by atoms with Gasteiger partial charge in [0.15, 0.2) is 0 Å². The molecule has 1 aliphatic heterocycles. The third-order valence-corrected chi connectivity index (χ3v) is 4.69. The largest absolute Gasteiger partial charge is 0.311 e. The van der Waals surface area contributed by atoms with Gasteiger partial charge in [-0.25, -0.2) is 0 Å². The Bertz CT molecular complexity index is 326. The maximum atomic E-state index is 3.53. The molecule has 1 N–H and O–H groups in total. The molecule has 2 heterocycles. The summed E-state index contributed by atoms with van der Waals surface area (Å²) in [6, 6.07) is 5.06. The van der Waals surface area contributed by atoms with Crippen LogP contribution < -0.4 is 5.32 Å². The zero-order valence-electron chi connectivity index (χ0n) is 11.6. The number of nitrogens with one attached hydrogen (secondary N) is 1. The van der Waals surface area contributed by atoms with Crippen molar-refractivity contribution in [2.75, 3.05) is 39.8 Å². The molecule has 1 atom stereocenters. The van der Waals surface area contributed by atoms with Crippen molar-refractivity contribution in [3.8, 4) is 0 Å². The van der Waals surface area contributed by atoms with Gasteiger partial charge < -0.3 is 10.2 Å². The van der Waals surface area contributed by atoms with E-state index in [1.54, 1.807) is 0 Å². The van der Waals surface area contributed by atoms with Gasteiger partial charge in [0.1, 0.15) is 0 Å². The minimum atomic E-state index is 0.746. The lowest BCUT2D eigenvalue weighted by molar-refractivity contribution is 0.0939. The Morgan fingerprint density at radius 2 is 2.33 bits per heavy atom. The number of piperazine rings is 1. The molecule has 1 aromatic heterocycles. The Balaban J connectivity index is 1.62. The van der Waals surface area contributed by atoms with Crippen LogP contribution in [0.2, 0.25) is 0 Å². The molecule has 1 fully saturated rings. The van der Waals surface area contributed by atoms with Gasteiger partial charge in [0.2, 0.25) is 0 Å². The van der Waals surface area contributed by atoms with Crippen molar-refractivity contribution in [1.29, 1.82) is 0 Å². The molecule has 0 saturated carbocycles. The van der Waals surface area contributed by atoms with E-state index in [2.05, 4.69) is 46.6 Å². The minimum absolute atomic E-state index is 0.746. The summed E-state index contributed by atoms with van der Waals surface area (Å²) in [4.78, 5) is 6.52. The van der Waals surface area contributed by atoms with E-state index in [0.717, 1.165) is 19.1 Å². The van der Waals surface area contributed by atoms with Gasteiger partial charge in [-0.2, -0.15) is 0 Å². The highest BCUT2D eigenvalue weighted by molar-refractivity contribution is 7.09. The molecular formula is C14H25N3S. The number of hydrogen-bond donors (Lipinski definition) is 1. The first kappa shape index (κ1) is 14.0. The molecule has 1 aliphatic rings. The molecule has 1 unspecified atom stereocenters. The Morgan fingerprint density at radius 3 is 3.06 bits per heavy atom. The van der Waals surface area contributed by atoms with E-state index in [1.165, 1.54) is 37.5 Å². The van der Waals surface area contributed by atoms with Gasteiger partial charge in [0, 0.05) is 50.2 Å². The quantitative estimate of drug-likeness (QED) is 0.794. The van der Waals surface area contributed by atoms with Crippen molar-refractivity contribution in [3.63, 3.8) is 0 Å². The van der Waals surface area contributed by atoms with Crippen LogP contribution in [0.1, 0.15) is 18.2 Å². The lowest BCUT2D eigenvalue weighted by Crippen LogP contribution is -2.52. The third-order valence-electron chi connectivity index (χ3n) is 3.82. The molecule has 0 radical (unpaired) electrons. The highest BCUT2D eigenvalue weighted by Crippen LogP contribution is 2.10. The van der Waals surface area contributed by atoms with E-state index < -0.39 is 0 Å². The van der Waals surface area contributed by atoms with Gasteiger partial charge in [-0.05, 0) is 24.9 Å². The van der Waals surface area contributed by atoms with Crippen molar-refractivity contribution in [1.82, 2.24) is 15.1 Å². The van der Waals surface area contributed by atoms with Crippen LogP contribution >= 0.6 is 11.3 Å². The van der Waals surface area contributed by atoms with Gasteiger partial charge in [-0.1, -0.05) is 13.0 Å². The first-order chi connectivity index (χ1) is 8.79. The Labute approximate surface area is 115 Å². The fraction of sp³-hybridized carbons (Fsp3) is 0.714. The first-order valence-electron chi connectivity index (χ1n) is 6.95. The topological polar surface area (TPSA) is 18.5 Å². The van der Waals surface area contributed by atoms with E-state index in [0.29, 0.717) is 0 Å². The number of thiophene rings is 1. The SMILES string of the molecule is CCC1CN(CCNCc2cccs2)CCN1C. The second-order valence-corrected chi connectivity index (χ2v) is 6.13. The molecular weight excluding hydrogens is 242 g/mol. The number of hydrogen-bond acceptors (Lipinski definition) is 4. The molecule has 1 saturated heterocycles. The monoisotopic (exact) mass is 267 g/mol. The van der Waals surface area contributed by atoms with Crippen LogP contribution in [0.4, 0.5) is 0 Å². The summed E-state index contributed by atoms with van der Waals surface area (Å²) >= 11 is 1.83. The number of likely N-dealkylation sites (N-methyl/N-ethyl adjacent to an activating group) is 1. The van der Waals surface area contributed by atoms with Crippen LogP contribution in [0, 0.1) is 0 Å². The van der Waals surface area contributed by atoms with Crippen molar-refractivity contribution in [2.45, 2.75) is 25.9 Å². The molecule has 0 amide bonds. The summed E-state index contributed by atoms with van der Waals surface area (Å²) in [5, 5.41) is 5.68. The summed E-state index contributed by atoms with van der Waals surface area (Å²) in [7, 11) is 2.25. The fourth-order valence-electron chi connectivity index (χ4n) is 2.52. The van der Waals surface area contributed by atoms with E-state index >= 15 is 0 Å². The number of rotatable bonds is 6. The van der Waals surface area contributed by atoms with Crippen LogP contribution in [0.5, 0.6) is 0 Å². The molecule has 1 aromatic rings. The average molecular weight is 267 g/mol. The molecule has 0 spiro atoms. The van der Waals surface area contributed by atoms with Crippen LogP contribution in [0.15, 0.2) is 17.5 Å². The number of nitrogens with zero attached hydrogens (tertiary/aromatic N) is 2. The summed E-state index contributed by atoms with van der Waals surface area (Å²) in [6.07, 6.45) is 1.26. The van der Waals surface area contributed by atoms with Gasteiger partial charge in [0.25, 0.3) is 0 Å². The van der Waals surface area contributed by atoms with Crippen LogP contribution in [-0.2, 0) is 6.54 Å². The van der Waals surface area contributed by atoms with Crippen molar-refractivity contribution < 1.29 is 0 Å². The lowest BCUT2D eigenvalue weighted by atomic mass is 10.1.